The van der Waals surface area contributed by atoms with E-state index in [1.54, 1.807) is 10.9 Å². The topological polar surface area (TPSA) is 68.0 Å². The maximum atomic E-state index is 13.4. The van der Waals surface area contributed by atoms with Crippen LogP contribution in [-0.2, 0) is 19.3 Å². The number of aromatic nitrogens is 3. The second-order valence-corrected chi connectivity index (χ2v) is 8.60. The monoisotopic (exact) mass is 389 g/mol. The van der Waals surface area contributed by atoms with E-state index in [9.17, 15) is 9.90 Å². The van der Waals surface area contributed by atoms with Crippen LogP contribution in [0.3, 0.4) is 0 Å². The summed E-state index contributed by atoms with van der Waals surface area (Å²) in [6, 6.07) is 6.05. The molecule has 2 aliphatic rings. The van der Waals surface area contributed by atoms with Crippen LogP contribution in [0, 0.1) is 6.92 Å². The third-order valence-corrected chi connectivity index (χ3v) is 6.66. The van der Waals surface area contributed by atoms with Crippen LogP contribution < -0.4 is 5.56 Å². The molecule has 0 radical (unpaired) electrons. The lowest BCUT2D eigenvalue weighted by molar-refractivity contribution is 0.0735. The van der Waals surface area contributed by atoms with E-state index < -0.39 is 6.10 Å². The van der Waals surface area contributed by atoms with Crippen molar-refractivity contribution in [1.82, 2.24) is 14.5 Å². The highest BCUT2D eigenvalue weighted by atomic mass is 16.3. The minimum atomic E-state index is -0.465. The zero-order valence-electron chi connectivity index (χ0n) is 16.9. The summed E-state index contributed by atoms with van der Waals surface area (Å²) >= 11 is 0. The average Bonchev–Trinajstić information content (AvgIpc) is 3.22. The first-order chi connectivity index (χ1) is 14.1. The zero-order valence-corrected chi connectivity index (χ0v) is 16.9. The molecule has 150 valence electrons. The molecule has 2 atom stereocenters. The fourth-order valence-corrected chi connectivity index (χ4v) is 5.11. The van der Waals surface area contributed by atoms with Crippen LogP contribution in [0.2, 0.25) is 0 Å². The average molecular weight is 389 g/mol. The fourth-order valence-electron chi connectivity index (χ4n) is 5.11. The molecule has 5 nitrogen and oxygen atoms in total. The van der Waals surface area contributed by atoms with Gasteiger partial charge < -0.3 is 5.11 Å². The van der Waals surface area contributed by atoms with Crippen LogP contribution in [0.4, 0.5) is 0 Å². The van der Waals surface area contributed by atoms with Crippen LogP contribution in [-0.4, -0.2) is 25.7 Å². The third kappa shape index (κ3) is 3.27. The predicted octanol–water partition coefficient (Wildman–Crippen LogP) is 3.66. The lowest BCUT2D eigenvalue weighted by atomic mass is 9.92. The van der Waals surface area contributed by atoms with Gasteiger partial charge in [-0.05, 0) is 79.8 Å². The Labute approximate surface area is 170 Å². The van der Waals surface area contributed by atoms with Crippen molar-refractivity contribution in [2.24, 2.45) is 0 Å². The molecule has 2 unspecified atom stereocenters. The number of rotatable bonds is 3. The van der Waals surface area contributed by atoms with Crippen LogP contribution in [0.15, 0.2) is 35.5 Å². The van der Waals surface area contributed by atoms with E-state index in [1.807, 2.05) is 19.2 Å². The number of nitrogens with zero attached hydrogens (tertiary/aromatic N) is 3. The van der Waals surface area contributed by atoms with Gasteiger partial charge in [-0.25, -0.2) is 4.98 Å². The largest absolute Gasteiger partial charge is 0.391 e. The molecule has 0 spiro atoms. The van der Waals surface area contributed by atoms with Crippen LogP contribution in [0.5, 0.6) is 0 Å². The summed E-state index contributed by atoms with van der Waals surface area (Å²) in [6.45, 7) is 1.99. The van der Waals surface area contributed by atoms with Crippen molar-refractivity contribution in [1.29, 1.82) is 0 Å². The molecule has 3 aromatic rings. The standard InChI is InChI=1S/C24H27N3O2/c1-15-9-10-16(13-25-15)11-17-12-20-23(19-6-4-5-18(17)19)26-14-27(24(20)29)21-7-2-3-8-22(21)28/h9-10,12-14,21-22,28H,2-8,11H2,1H3. The van der Waals surface area contributed by atoms with Crippen molar-refractivity contribution in [2.45, 2.75) is 70.4 Å². The van der Waals surface area contributed by atoms with Crippen molar-refractivity contribution >= 4 is 10.9 Å². The maximum Gasteiger partial charge on any atom is 0.261 e. The summed E-state index contributed by atoms with van der Waals surface area (Å²) in [5, 5.41) is 11.1. The number of pyridine rings is 1. The van der Waals surface area contributed by atoms with Gasteiger partial charge in [0.15, 0.2) is 0 Å². The lowest BCUT2D eigenvalue weighted by Crippen LogP contribution is -2.34. The summed E-state index contributed by atoms with van der Waals surface area (Å²) in [5.41, 5.74) is 6.84. The highest BCUT2D eigenvalue weighted by molar-refractivity contribution is 5.84. The molecule has 29 heavy (non-hydrogen) atoms. The smallest absolute Gasteiger partial charge is 0.261 e. The number of benzene rings is 1. The Bertz CT molecular complexity index is 1120. The molecule has 1 aromatic carbocycles. The number of hydrogen-bond acceptors (Lipinski definition) is 4. The van der Waals surface area contributed by atoms with Gasteiger partial charge >= 0.3 is 0 Å². The second-order valence-electron chi connectivity index (χ2n) is 8.60. The minimum Gasteiger partial charge on any atom is -0.391 e. The van der Waals surface area contributed by atoms with Gasteiger partial charge in [-0.3, -0.25) is 14.3 Å². The molecule has 1 saturated carbocycles. The number of aryl methyl sites for hydroxylation is 2. The first kappa shape index (κ1) is 18.5. The van der Waals surface area contributed by atoms with Crippen LogP contribution in [0.1, 0.15) is 66.1 Å². The molecule has 2 aliphatic carbocycles. The Morgan fingerprint density at radius 1 is 1.10 bits per heavy atom. The summed E-state index contributed by atoms with van der Waals surface area (Å²) in [5.74, 6) is 0. The zero-order chi connectivity index (χ0) is 20.0. The minimum absolute atomic E-state index is 0.0149. The normalized spacial score (nSPS) is 21.4. The first-order valence-electron chi connectivity index (χ1n) is 10.8. The van der Waals surface area contributed by atoms with E-state index in [-0.39, 0.29) is 11.6 Å². The van der Waals surface area contributed by atoms with Crippen molar-refractivity contribution in [3.05, 3.63) is 69.0 Å². The van der Waals surface area contributed by atoms with E-state index in [2.05, 4.69) is 17.1 Å². The highest BCUT2D eigenvalue weighted by Crippen LogP contribution is 2.33. The molecule has 5 rings (SSSR count). The number of hydrogen-bond donors (Lipinski definition) is 1. The summed E-state index contributed by atoms with van der Waals surface area (Å²) in [6.07, 6.45) is 10.7. The molecule has 0 saturated heterocycles. The molecule has 2 aromatic heterocycles. The van der Waals surface area contributed by atoms with Gasteiger partial charge in [0.05, 0.1) is 29.4 Å². The SMILES string of the molecule is Cc1ccc(Cc2cc3c(=O)n(C4CCCCC4O)cnc3c3c2CCC3)cn1. The van der Waals surface area contributed by atoms with Crippen molar-refractivity contribution in [3.63, 3.8) is 0 Å². The maximum absolute atomic E-state index is 13.4. The first-order valence-corrected chi connectivity index (χ1v) is 10.8. The molecule has 1 fully saturated rings. The Hall–Kier alpha value is -2.53. The van der Waals surface area contributed by atoms with Crippen molar-refractivity contribution in [2.75, 3.05) is 0 Å². The van der Waals surface area contributed by atoms with Gasteiger partial charge in [0.25, 0.3) is 5.56 Å². The third-order valence-electron chi connectivity index (χ3n) is 6.66. The summed E-state index contributed by atoms with van der Waals surface area (Å²) in [7, 11) is 0. The van der Waals surface area contributed by atoms with Crippen molar-refractivity contribution < 1.29 is 5.11 Å². The van der Waals surface area contributed by atoms with E-state index >= 15 is 0 Å². The van der Waals surface area contributed by atoms with Crippen LogP contribution in [0.25, 0.3) is 10.9 Å². The lowest BCUT2D eigenvalue weighted by Gasteiger charge is -2.29. The van der Waals surface area contributed by atoms with E-state index in [1.165, 1.54) is 16.7 Å². The number of aliphatic hydroxyl groups is 1. The predicted molar refractivity (Wildman–Crippen MR) is 113 cm³/mol. The Morgan fingerprint density at radius 2 is 1.93 bits per heavy atom. The summed E-state index contributed by atoms with van der Waals surface area (Å²) < 4.78 is 1.69. The summed E-state index contributed by atoms with van der Waals surface area (Å²) in [4.78, 5) is 22.6. The van der Waals surface area contributed by atoms with E-state index in [0.717, 1.165) is 68.1 Å². The van der Waals surface area contributed by atoms with E-state index in [0.29, 0.717) is 5.39 Å². The molecular weight excluding hydrogens is 362 g/mol. The highest BCUT2D eigenvalue weighted by Gasteiger charge is 2.27. The van der Waals surface area contributed by atoms with Gasteiger partial charge in [0.1, 0.15) is 0 Å². The Balaban J connectivity index is 1.63. The Kier molecular flexibility index (Phi) is 4.70. The number of fused-ring (bicyclic) bond motifs is 3. The van der Waals surface area contributed by atoms with E-state index in [4.69, 9.17) is 4.98 Å². The van der Waals surface area contributed by atoms with Gasteiger partial charge in [0.2, 0.25) is 0 Å². The fraction of sp³-hybridized carbons (Fsp3) is 0.458. The second kappa shape index (κ2) is 7.38. The van der Waals surface area contributed by atoms with Gasteiger partial charge in [-0.1, -0.05) is 18.9 Å². The molecule has 2 heterocycles. The Morgan fingerprint density at radius 3 is 2.72 bits per heavy atom. The molecule has 1 N–H and O–H groups in total. The molecule has 0 amide bonds. The van der Waals surface area contributed by atoms with Gasteiger partial charge in [-0.15, -0.1) is 0 Å². The molecular formula is C24H27N3O2. The van der Waals surface area contributed by atoms with Crippen LogP contribution >= 0.6 is 0 Å². The number of aliphatic hydroxyl groups excluding tert-OH is 1. The molecule has 5 heteroatoms. The van der Waals surface area contributed by atoms with Gasteiger partial charge in [0, 0.05) is 11.9 Å². The molecule has 0 bridgehead atoms. The quantitative estimate of drug-likeness (QED) is 0.742. The van der Waals surface area contributed by atoms with Crippen molar-refractivity contribution in [3.8, 4) is 0 Å². The van der Waals surface area contributed by atoms with Gasteiger partial charge in [-0.2, -0.15) is 0 Å². The molecule has 0 aliphatic heterocycles.